The second-order valence-electron chi connectivity index (χ2n) is 7.26. The molecule has 0 saturated carbocycles. The minimum Gasteiger partial charge on any atom is -0.457 e. The van der Waals surface area contributed by atoms with Crippen molar-refractivity contribution in [1.82, 2.24) is 13.5 Å². The van der Waals surface area contributed by atoms with E-state index < -0.39 is 10.2 Å². The van der Waals surface area contributed by atoms with Crippen molar-refractivity contribution >= 4 is 22.6 Å². The van der Waals surface area contributed by atoms with Gasteiger partial charge in [-0.2, -0.15) is 17.0 Å². The van der Waals surface area contributed by atoms with E-state index in [0.717, 1.165) is 44.2 Å². The van der Waals surface area contributed by atoms with E-state index in [0.29, 0.717) is 31.9 Å². The Bertz CT molecular complexity index is 907. The van der Waals surface area contributed by atoms with Gasteiger partial charge in [0.15, 0.2) is 0 Å². The number of ether oxygens (including phenoxy) is 2. The van der Waals surface area contributed by atoms with Crippen LogP contribution in [-0.4, -0.2) is 74.4 Å². The molecule has 2 aromatic rings. The predicted molar refractivity (Wildman–Crippen MR) is 118 cm³/mol. The fourth-order valence-electron chi connectivity index (χ4n) is 3.62. The van der Waals surface area contributed by atoms with Crippen LogP contribution in [0.25, 0.3) is 0 Å². The molecular formula is C21H28ClN3O4S. The first kappa shape index (κ1) is 23.0. The van der Waals surface area contributed by atoms with Gasteiger partial charge in [0.2, 0.25) is 0 Å². The second-order valence-corrected chi connectivity index (χ2v) is 9.19. The zero-order chi connectivity index (χ0) is 20.1. The molecule has 0 unspecified atom stereocenters. The lowest BCUT2D eigenvalue weighted by molar-refractivity contribution is 0.0365. The Morgan fingerprint density at radius 2 is 1.53 bits per heavy atom. The van der Waals surface area contributed by atoms with E-state index in [1.165, 1.54) is 0 Å². The Kier molecular flexibility index (Phi) is 8.10. The molecule has 0 atom stereocenters. The molecule has 0 N–H and O–H groups in total. The average Bonchev–Trinajstić information content (AvgIpc) is 3.01. The van der Waals surface area contributed by atoms with Crippen molar-refractivity contribution in [3.63, 3.8) is 0 Å². The van der Waals surface area contributed by atoms with Gasteiger partial charge in [-0.1, -0.05) is 30.3 Å². The van der Waals surface area contributed by atoms with Gasteiger partial charge in [-0.25, -0.2) is 0 Å². The third-order valence-electron chi connectivity index (χ3n) is 5.26. The molecule has 0 radical (unpaired) electrons. The Hall–Kier alpha value is -1.68. The molecule has 0 spiro atoms. The number of morpholine rings is 1. The fourth-order valence-corrected chi connectivity index (χ4v) is 5.19. The van der Waals surface area contributed by atoms with Crippen LogP contribution < -0.4 is 4.74 Å². The maximum atomic E-state index is 12.9. The van der Waals surface area contributed by atoms with E-state index in [2.05, 4.69) is 4.90 Å². The van der Waals surface area contributed by atoms with Crippen molar-refractivity contribution in [3.05, 3.63) is 60.2 Å². The first-order valence-electron chi connectivity index (χ1n) is 9.98. The third kappa shape index (κ3) is 5.72. The highest BCUT2D eigenvalue weighted by atomic mass is 35.5. The number of hydrogen-bond donors (Lipinski definition) is 0. The van der Waals surface area contributed by atoms with Crippen LogP contribution >= 0.6 is 12.4 Å². The Morgan fingerprint density at radius 3 is 2.30 bits per heavy atom. The minimum absolute atomic E-state index is 0. The highest BCUT2D eigenvalue weighted by Crippen LogP contribution is 2.24. The van der Waals surface area contributed by atoms with Crippen LogP contribution in [0.15, 0.2) is 54.6 Å². The molecule has 2 heterocycles. The summed E-state index contributed by atoms with van der Waals surface area (Å²) in [7, 11) is -3.43. The maximum absolute atomic E-state index is 12.9. The van der Waals surface area contributed by atoms with Crippen LogP contribution in [0.1, 0.15) is 5.56 Å². The molecule has 0 aliphatic carbocycles. The predicted octanol–water partition coefficient (Wildman–Crippen LogP) is 2.60. The van der Waals surface area contributed by atoms with Crippen LogP contribution in [-0.2, 0) is 21.5 Å². The number of para-hydroxylation sites is 1. The Morgan fingerprint density at radius 1 is 0.833 bits per heavy atom. The van der Waals surface area contributed by atoms with E-state index in [-0.39, 0.29) is 12.4 Å². The van der Waals surface area contributed by atoms with Gasteiger partial charge < -0.3 is 9.47 Å². The standard InChI is InChI=1S/C21H27N3O4S.ClH/c25-29(26)23(10-9-22-13-15-27-16-14-22)11-12-24(29)18-19-5-4-8-21(17-19)28-20-6-2-1-3-7-20;/h1-8,17H,9-16,18H2;1H. The fraction of sp³-hybridized carbons (Fsp3) is 0.429. The largest absolute Gasteiger partial charge is 0.457 e. The number of halogens is 1. The summed E-state index contributed by atoms with van der Waals surface area (Å²) in [6.45, 7) is 5.84. The summed E-state index contributed by atoms with van der Waals surface area (Å²) < 4.78 is 40.2. The van der Waals surface area contributed by atoms with Gasteiger partial charge in [0, 0.05) is 45.8 Å². The first-order chi connectivity index (χ1) is 14.1. The summed E-state index contributed by atoms with van der Waals surface area (Å²) in [4.78, 5) is 2.26. The molecule has 2 fully saturated rings. The van der Waals surface area contributed by atoms with Crippen LogP contribution in [0.3, 0.4) is 0 Å². The van der Waals surface area contributed by atoms with E-state index in [1.54, 1.807) is 8.61 Å². The summed E-state index contributed by atoms with van der Waals surface area (Å²) >= 11 is 0. The smallest absolute Gasteiger partial charge is 0.282 e. The van der Waals surface area contributed by atoms with E-state index in [1.807, 2.05) is 54.6 Å². The van der Waals surface area contributed by atoms with Crippen molar-refractivity contribution in [1.29, 1.82) is 0 Å². The van der Waals surface area contributed by atoms with Crippen molar-refractivity contribution in [3.8, 4) is 11.5 Å². The van der Waals surface area contributed by atoms with Gasteiger partial charge in [0.05, 0.1) is 13.2 Å². The lowest BCUT2D eigenvalue weighted by Gasteiger charge is -2.28. The molecule has 9 heteroatoms. The van der Waals surface area contributed by atoms with Gasteiger partial charge >= 0.3 is 0 Å². The molecular weight excluding hydrogens is 426 g/mol. The first-order valence-corrected chi connectivity index (χ1v) is 11.4. The minimum atomic E-state index is -3.43. The molecule has 4 rings (SSSR count). The monoisotopic (exact) mass is 453 g/mol. The van der Waals surface area contributed by atoms with Crippen molar-refractivity contribution in [2.24, 2.45) is 0 Å². The molecule has 2 aromatic carbocycles. The number of hydrogen-bond acceptors (Lipinski definition) is 5. The molecule has 0 aromatic heterocycles. The second kappa shape index (κ2) is 10.6. The molecule has 0 amide bonds. The number of nitrogens with zero attached hydrogens (tertiary/aromatic N) is 3. The topological polar surface area (TPSA) is 62.3 Å². The molecule has 2 saturated heterocycles. The Balaban J connectivity index is 0.00000256. The number of benzene rings is 2. The lowest BCUT2D eigenvalue weighted by Crippen LogP contribution is -2.42. The van der Waals surface area contributed by atoms with Gasteiger partial charge in [0.1, 0.15) is 11.5 Å². The van der Waals surface area contributed by atoms with Gasteiger partial charge in [0.25, 0.3) is 10.2 Å². The normalized spacial score (nSPS) is 20.0. The molecule has 164 valence electrons. The van der Waals surface area contributed by atoms with Crippen molar-refractivity contribution < 1.29 is 17.9 Å². The number of rotatable bonds is 7. The molecule has 7 nitrogen and oxygen atoms in total. The van der Waals surface area contributed by atoms with Crippen LogP contribution in [0.4, 0.5) is 0 Å². The zero-order valence-corrected chi connectivity index (χ0v) is 18.5. The van der Waals surface area contributed by atoms with E-state index in [9.17, 15) is 8.42 Å². The highest BCUT2D eigenvalue weighted by Gasteiger charge is 2.36. The van der Waals surface area contributed by atoms with E-state index in [4.69, 9.17) is 9.47 Å². The average molecular weight is 454 g/mol. The molecule has 30 heavy (non-hydrogen) atoms. The summed E-state index contributed by atoms with van der Waals surface area (Å²) in [6.07, 6.45) is 0. The third-order valence-corrected chi connectivity index (χ3v) is 7.24. The summed E-state index contributed by atoms with van der Waals surface area (Å²) in [5.41, 5.74) is 0.914. The summed E-state index contributed by atoms with van der Waals surface area (Å²) in [5.74, 6) is 1.46. The summed E-state index contributed by atoms with van der Waals surface area (Å²) in [5, 5.41) is 0. The zero-order valence-electron chi connectivity index (χ0n) is 16.9. The van der Waals surface area contributed by atoms with Crippen LogP contribution in [0.5, 0.6) is 11.5 Å². The van der Waals surface area contributed by atoms with Crippen LogP contribution in [0, 0.1) is 0 Å². The SMILES string of the molecule is Cl.O=S1(=O)N(CCN2CCOCC2)CCN1Cc1cccc(Oc2ccccc2)c1. The van der Waals surface area contributed by atoms with Crippen molar-refractivity contribution in [2.75, 3.05) is 52.5 Å². The maximum Gasteiger partial charge on any atom is 0.282 e. The Labute approximate surface area is 184 Å². The highest BCUT2D eigenvalue weighted by molar-refractivity contribution is 7.87. The van der Waals surface area contributed by atoms with Crippen LogP contribution in [0.2, 0.25) is 0 Å². The quantitative estimate of drug-likeness (QED) is 0.644. The molecule has 2 aliphatic heterocycles. The van der Waals surface area contributed by atoms with Crippen molar-refractivity contribution in [2.45, 2.75) is 6.54 Å². The van der Waals surface area contributed by atoms with Gasteiger partial charge in [-0.15, -0.1) is 12.4 Å². The van der Waals surface area contributed by atoms with Gasteiger partial charge in [-0.3, -0.25) is 4.90 Å². The van der Waals surface area contributed by atoms with Gasteiger partial charge in [-0.05, 0) is 29.8 Å². The molecule has 2 aliphatic rings. The van der Waals surface area contributed by atoms with E-state index >= 15 is 0 Å². The lowest BCUT2D eigenvalue weighted by atomic mass is 10.2. The summed E-state index contributed by atoms with van der Waals surface area (Å²) in [6, 6.07) is 17.2. The molecule has 0 bridgehead atoms.